The topological polar surface area (TPSA) is 86.1 Å². The predicted octanol–water partition coefficient (Wildman–Crippen LogP) is 4.57. The molecule has 0 unspecified atom stereocenters. The minimum atomic E-state index is -0.553. The van der Waals surface area contributed by atoms with Gasteiger partial charge < -0.3 is 10.1 Å². The molecule has 0 spiro atoms. The van der Waals surface area contributed by atoms with E-state index in [1.807, 2.05) is 6.92 Å². The van der Waals surface area contributed by atoms with Crippen molar-refractivity contribution >= 4 is 52.4 Å². The molecule has 0 saturated heterocycles. The lowest BCUT2D eigenvalue weighted by Crippen LogP contribution is -2.22. The molecular formula is C20H17Cl3N4O3. The summed E-state index contributed by atoms with van der Waals surface area (Å²) >= 11 is 17.9. The summed E-state index contributed by atoms with van der Waals surface area (Å²) in [6, 6.07) is 8.38. The highest BCUT2D eigenvalue weighted by atomic mass is 35.5. The second-order valence-electron chi connectivity index (χ2n) is 6.39. The van der Waals surface area contributed by atoms with Crippen molar-refractivity contribution in [1.29, 1.82) is 0 Å². The highest BCUT2D eigenvalue weighted by Gasteiger charge is 2.18. The van der Waals surface area contributed by atoms with Gasteiger partial charge in [0.05, 0.1) is 33.5 Å². The quantitative estimate of drug-likeness (QED) is 0.424. The van der Waals surface area contributed by atoms with E-state index in [1.54, 1.807) is 41.9 Å². The standard InChI is InChI=1S/C20H17Cl3N4O3/c1-11-14(12(2)27(26-11)13-5-6-15(21)16(22)8-13)9-19(29)30-10-18(28)25-17-4-3-7-24-20(17)23/h3-8H,9-10H2,1-2H3,(H,25,28). The fourth-order valence-corrected chi connectivity index (χ4v) is 3.26. The van der Waals surface area contributed by atoms with Crippen LogP contribution in [0.4, 0.5) is 5.69 Å². The van der Waals surface area contributed by atoms with Gasteiger partial charge in [-0.3, -0.25) is 9.59 Å². The van der Waals surface area contributed by atoms with Crippen LogP contribution in [0.15, 0.2) is 36.5 Å². The molecule has 2 heterocycles. The number of nitrogens with zero attached hydrogens (tertiary/aromatic N) is 3. The van der Waals surface area contributed by atoms with E-state index >= 15 is 0 Å². The molecule has 2 aromatic heterocycles. The highest BCUT2D eigenvalue weighted by molar-refractivity contribution is 6.42. The molecule has 0 atom stereocenters. The van der Waals surface area contributed by atoms with Crippen molar-refractivity contribution in [1.82, 2.24) is 14.8 Å². The highest BCUT2D eigenvalue weighted by Crippen LogP contribution is 2.26. The Balaban J connectivity index is 1.64. The molecule has 0 saturated carbocycles. The Kier molecular flexibility index (Phi) is 6.97. The number of carbonyl (C=O) groups is 2. The lowest BCUT2D eigenvalue weighted by Gasteiger charge is -2.08. The van der Waals surface area contributed by atoms with Crippen molar-refractivity contribution in [3.63, 3.8) is 0 Å². The first-order valence-corrected chi connectivity index (χ1v) is 9.96. The Morgan fingerprint density at radius 1 is 1.13 bits per heavy atom. The van der Waals surface area contributed by atoms with Gasteiger partial charge in [0.2, 0.25) is 0 Å². The van der Waals surface area contributed by atoms with Crippen LogP contribution in [-0.2, 0) is 20.7 Å². The van der Waals surface area contributed by atoms with Crippen molar-refractivity contribution in [2.24, 2.45) is 0 Å². The molecule has 1 aromatic carbocycles. The maximum Gasteiger partial charge on any atom is 0.310 e. The molecule has 0 fully saturated rings. The third kappa shape index (κ3) is 5.11. The average Bonchev–Trinajstić information content (AvgIpc) is 2.98. The number of hydrogen-bond donors (Lipinski definition) is 1. The Hall–Kier alpha value is -2.61. The van der Waals surface area contributed by atoms with Crippen LogP contribution in [0.3, 0.4) is 0 Å². The fraction of sp³-hybridized carbons (Fsp3) is 0.200. The first-order valence-electron chi connectivity index (χ1n) is 8.82. The van der Waals surface area contributed by atoms with E-state index in [0.717, 1.165) is 11.4 Å². The molecular weight excluding hydrogens is 451 g/mol. The number of amides is 1. The Morgan fingerprint density at radius 2 is 1.90 bits per heavy atom. The molecule has 0 aliphatic carbocycles. The summed E-state index contributed by atoms with van der Waals surface area (Å²) in [5.41, 5.74) is 3.20. The summed E-state index contributed by atoms with van der Waals surface area (Å²) in [5.74, 6) is -1.07. The maximum atomic E-state index is 12.3. The van der Waals surface area contributed by atoms with Gasteiger partial charge in [0.15, 0.2) is 11.8 Å². The number of pyridine rings is 1. The van der Waals surface area contributed by atoms with Crippen molar-refractivity contribution in [3.05, 3.63) is 68.7 Å². The van der Waals surface area contributed by atoms with Gasteiger partial charge in [-0.05, 0) is 44.2 Å². The number of aromatic nitrogens is 3. The minimum absolute atomic E-state index is 0.0279. The molecule has 3 aromatic rings. The van der Waals surface area contributed by atoms with Crippen molar-refractivity contribution < 1.29 is 14.3 Å². The Labute approximate surface area is 187 Å². The van der Waals surface area contributed by atoms with Crippen molar-refractivity contribution in [3.8, 4) is 5.69 Å². The molecule has 1 N–H and O–H groups in total. The molecule has 0 aliphatic rings. The SMILES string of the molecule is Cc1nn(-c2ccc(Cl)c(Cl)c2)c(C)c1CC(=O)OCC(=O)Nc1cccnc1Cl. The molecule has 1 amide bonds. The molecule has 7 nitrogen and oxygen atoms in total. The van der Waals surface area contributed by atoms with E-state index in [0.29, 0.717) is 27.0 Å². The molecule has 30 heavy (non-hydrogen) atoms. The summed E-state index contributed by atoms with van der Waals surface area (Å²) in [7, 11) is 0. The van der Waals surface area contributed by atoms with Crippen LogP contribution < -0.4 is 5.32 Å². The lowest BCUT2D eigenvalue weighted by molar-refractivity contribution is -0.146. The minimum Gasteiger partial charge on any atom is -0.455 e. The van der Waals surface area contributed by atoms with Crippen LogP contribution in [-0.4, -0.2) is 33.2 Å². The van der Waals surface area contributed by atoms with E-state index in [9.17, 15) is 9.59 Å². The van der Waals surface area contributed by atoms with Gasteiger partial charge >= 0.3 is 5.97 Å². The monoisotopic (exact) mass is 466 g/mol. The summed E-state index contributed by atoms with van der Waals surface area (Å²) in [5, 5.41) is 8.01. The molecule has 0 aliphatic heterocycles. The molecule has 10 heteroatoms. The van der Waals surface area contributed by atoms with Gasteiger partial charge in [0.1, 0.15) is 0 Å². The third-order valence-corrected chi connectivity index (χ3v) is 5.35. The van der Waals surface area contributed by atoms with E-state index < -0.39 is 18.5 Å². The molecule has 3 rings (SSSR count). The number of carbonyl (C=O) groups excluding carboxylic acids is 2. The van der Waals surface area contributed by atoms with Crippen LogP contribution in [0, 0.1) is 13.8 Å². The van der Waals surface area contributed by atoms with Gasteiger partial charge in [-0.1, -0.05) is 34.8 Å². The van der Waals surface area contributed by atoms with Crippen LogP contribution in [0.25, 0.3) is 5.69 Å². The average molecular weight is 468 g/mol. The first-order chi connectivity index (χ1) is 14.3. The molecule has 156 valence electrons. The number of ether oxygens (including phenoxy) is 1. The van der Waals surface area contributed by atoms with Crippen LogP contribution in [0.2, 0.25) is 15.2 Å². The normalized spacial score (nSPS) is 10.7. The van der Waals surface area contributed by atoms with E-state index in [-0.39, 0.29) is 11.6 Å². The smallest absolute Gasteiger partial charge is 0.310 e. The van der Waals surface area contributed by atoms with Gasteiger partial charge in [-0.25, -0.2) is 9.67 Å². The van der Waals surface area contributed by atoms with Crippen LogP contribution in [0.1, 0.15) is 17.0 Å². The number of esters is 1. The van der Waals surface area contributed by atoms with Crippen LogP contribution >= 0.6 is 34.8 Å². The molecule has 0 radical (unpaired) electrons. The zero-order valence-corrected chi connectivity index (χ0v) is 18.3. The number of benzene rings is 1. The zero-order chi connectivity index (χ0) is 21.8. The summed E-state index contributed by atoms with van der Waals surface area (Å²) in [6.45, 7) is 3.19. The van der Waals surface area contributed by atoms with E-state index in [4.69, 9.17) is 39.5 Å². The van der Waals surface area contributed by atoms with Gasteiger partial charge in [-0.2, -0.15) is 5.10 Å². The summed E-state index contributed by atoms with van der Waals surface area (Å²) < 4.78 is 6.77. The van der Waals surface area contributed by atoms with E-state index in [2.05, 4.69) is 15.4 Å². The van der Waals surface area contributed by atoms with Crippen molar-refractivity contribution in [2.75, 3.05) is 11.9 Å². The molecule has 0 bridgehead atoms. The number of anilines is 1. The van der Waals surface area contributed by atoms with Gasteiger partial charge in [-0.15, -0.1) is 0 Å². The second-order valence-corrected chi connectivity index (χ2v) is 7.56. The summed E-state index contributed by atoms with van der Waals surface area (Å²) in [4.78, 5) is 28.1. The predicted molar refractivity (Wildman–Crippen MR) is 116 cm³/mol. The maximum absolute atomic E-state index is 12.3. The number of hydrogen-bond acceptors (Lipinski definition) is 5. The van der Waals surface area contributed by atoms with Gasteiger partial charge in [0, 0.05) is 17.5 Å². The third-order valence-electron chi connectivity index (χ3n) is 4.31. The number of nitrogens with one attached hydrogen (secondary N) is 1. The number of rotatable bonds is 6. The number of halogens is 3. The fourth-order valence-electron chi connectivity index (χ4n) is 2.81. The largest absolute Gasteiger partial charge is 0.455 e. The first kappa shape index (κ1) is 22.1. The zero-order valence-electron chi connectivity index (χ0n) is 16.1. The summed E-state index contributed by atoms with van der Waals surface area (Å²) in [6.07, 6.45) is 1.47. The van der Waals surface area contributed by atoms with E-state index in [1.165, 1.54) is 6.20 Å². The van der Waals surface area contributed by atoms with Crippen molar-refractivity contribution in [2.45, 2.75) is 20.3 Å². The lowest BCUT2D eigenvalue weighted by atomic mass is 10.1. The Bertz CT molecular complexity index is 1110. The number of aryl methyl sites for hydroxylation is 1. The Morgan fingerprint density at radius 3 is 2.60 bits per heavy atom. The van der Waals surface area contributed by atoms with Gasteiger partial charge in [0.25, 0.3) is 5.91 Å². The second kappa shape index (κ2) is 9.47. The van der Waals surface area contributed by atoms with Crippen LogP contribution in [0.5, 0.6) is 0 Å².